The first kappa shape index (κ1) is 19.3. The van der Waals surface area contributed by atoms with Crippen molar-refractivity contribution in [1.29, 1.82) is 0 Å². The van der Waals surface area contributed by atoms with E-state index in [1.807, 2.05) is 12.1 Å². The summed E-state index contributed by atoms with van der Waals surface area (Å²) in [4.78, 5) is 23.0. The quantitative estimate of drug-likeness (QED) is 0.579. The Balaban J connectivity index is 1.93. The molecule has 0 saturated heterocycles. The highest BCUT2D eigenvalue weighted by atomic mass is 16.5. The second-order valence-corrected chi connectivity index (χ2v) is 5.67. The molecular formula is C19H22N2O5. The number of carbonyl (C=O) groups is 2. The van der Waals surface area contributed by atoms with E-state index in [9.17, 15) is 14.7 Å². The van der Waals surface area contributed by atoms with E-state index in [2.05, 4.69) is 10.6 Å². The Morgan fingerprint density at radius 1 is 1.08 bits per heavy atom. The number of amides is 2. The van der Waals surface area contributed by atoms with Gasteiger partial charge in [-0.1, -0.05) is 24.3 Å². The fourth-order valence-corrected chi connectivity index (χ4v) is 2.44. The van der Waals surface area contributed by atoms with Crippen LogP contribution in [0.3, 0.4) is 0 Å². The summed E-state index contributed by atoms with van der Waals surface area (Å²) < 4.78 is 5.11. The van der Waals surface area contributed by atoms with Crippen molar-refractivity contribution in [3.8, 4) is 5.75 Å². The zero-order chi connectivity index (χ0) is 18.9. The van der Waals surface area contributed by atoms with Gasteiger partial charge in [0, 0.05) is 13.2 Å². The van der Waals surface area contributed by atoms with E-state index in [1.54, 1.807) is 31.4 Å². The summed E-state index contributed by atoms with van der Waals surface area (Å²) in [6.07, 6.45) is 0.382. The molecule has 0 radical (unpaired) electrons. The van der Waals surface area contributed by atoms with E-state index in [1.165, 1.54) is 12.1 Å². The van der Waals surface area contributed by atoms with Crippen LogP contribution in [0.25, 0.3) is 0 Å². The number of aliphatic hydroxyl groups is 1. The van der Waals surface area contributed by atoms with Crippen LogP contribution in [0.2, 0.25) is 0 Å². The van der Waals surface area contributed by atoms with Gasteiger partial charge in [-0.25, -0.2) is 9.59 Å². The predicted octanol–water partition coefficient (Wildman–Crippen LogP) is 2.32. The maximum Gasteiger partial charge on any atom is 0.335 e. The predicted molar refractivity (Wildman–Crippen MR) is 96.2 cm³/mol. The zero-order valence-corrected chi connectivity index (χ0v) is 14.4. The minimum absolute atomic E-state index is 0.0619. The van der Waals surface area contributed by atoms with Gasteiger partial charge in [0.15, 0.2) is 0 Å². The third-order valence-electron chi connectivity index (χ3n) is 3.90. The molecule has 7 nitrogen and oxygen atoms in total. The molecule has 0 aromatic heterocycles. The summed E-state index contributed by atoms with van der Waals surface area (Å²) in [5.41, 5.74) is 1.84. The highest BCUT2D eigenvalue weighted by Gasteiger charge is 2.14. The number of rotatable bonds is 8. The molecule has 2 rings (SSSR count). The van der Waals surface area contributed by atoms with Gasteiger partial charge in [0.25, 0.3) is 0 Å². The van der Waals surface area contributed by atoms with E-state index < -0.39 is 5.97 Å². The number of methoxy groups -OCH3 is 1. The maximum absolute atomic E-state index is 12.2. The Kier molecular flexibility index (Phi) is 6.99. The maximum atomic E-state index is 12.2. The van der Waals surface area contributed by atoms with Crippen LogP contribution in [0.5, 0.6) is 5.75 Å². The molecule has 1 unspecified atom stereocenters. The van der Waals surface area contributed by atoms with Crippen LogP contribution in [0, 0.1) is 0 Å². The minimum Gasteiger partial charge on any atom is -0.497 e. The molecule has 2 amide bonds. The van der Waals surface area contributed by atoms with Crippen LogP contribution in [0.1, 0.15) is 33.9 Å². The highest BCUT2D eigenvalue weighted by molar-refractivity contribution is 5.87. The summed E-state index contributed by atoms with van der Waals surface area (Å²) in [5.74, 6) is -0.278. The van der Waals surface area contributed by atoms with Crippen LogP contribution < -0.4 is 15.4 Å². The number of carbonyl (C=O) groups excluding carboxylic acids is 1. The smallest absolute Gasteiger partial charge is 0.335 e. The Morgan fingerprint density at radius 3 is 2.27 bits per heavy atom. The van der Waals surface area contributed by atoms with Crippen molar-refractivity contribution in [1.82, 2.24) is 10.6 Å². The highest BCUT2D eigenvalue weighted by Crippen LogP contribution is 2.20. The van der Waals surface area contributed by atoms with Crippen molar-refractivity contribution >= 4 is 12.0 Å². The Labute approximate surface area is 151 Å². The van der Waals surface area contributed by atoms with E-state index >= 15 is 0 Å². The lowest BCUT2D eigenvalue weighted by molar-refractivity contribution is 0.0697. The Bertz CT molecular complexity index is 729. The molecule has 0 spiro atoms. The summed E-state index contributed by atoms with van der Waals surface area (Å²) >= 11 is 0. The van der Waals surface area contributed by atoms with E-state index in [0.717, 1.165) is 11.1 Å². The molecular weight excluding hydrogens is 336 g/mol. The molecule has 2 aromatic rings. The molecule has 0 aliphatic heterocycles. The van der Waals surface area contributed by atoms with Gasteiger partial charge < -0.3 is 25.6 Å². The Morgan fingerprint density at radius 2 is 1.73 bits per heavy atom. The lowest BCUT2D eigenvalue weighted by Crippen LogP contribution is -2.38. The first-order valence-corrected chi connectivity index (χ1v) is 8.15. The molecule has 7 heteroatoms. The summed E-state index contributed by atoms with van der Waals surface area (Å²) in [6.45, 7) is 0.202. The first-order chi connectivity index (χ1) is 12.5. The minimum atomic E-state index is -0.992. The molecule has 0 heterocycles. The Hall–Kier alpha value is -3.06. The summed E-state index contributed by atoms with van der Waals surface area (Å²) in [5, 5.41) is 23.7. The SMILES string of the molecule is COc1ccc(C(CCO)NC(=O)NCc2ccc(C(=O)O)cc2)cc1. The van der Waals surface area contributed by atoms with Crippen molar-refractivity contribution in [3.63, 3.8) is 0 Å². The fraction of sp³-hybridized carbons (Fsp3) is 0.263. The molecule has 1 atom stereocenters. The van der Waals surface area contributed by atoms with Gasteiger partial charge in [-0.3, -0.25) is 0 Å². The average Bonchev–Trinajstić information content (AvgIpc) is 2.66. The third-order valence-corrected chi connectivity index (χ3v) is 3.90. The van der Waals surface area contributed by atoms with Crippen LogP contribution >= 0.6 is 0 Å². The van der Waals surface area contributed by atoms with Gasteiger partial charge in [-0.2, -0.15) is 0 Å². The lowest BCUT2D eigenvalue weighted by atomic mass is 10.0. The van der Waals surface area contributed by atoms with E-state index in [4.69, 9.17) is 9.84 Å². The number of nitrogens with one attached hydrogen (secondary N) is 2. The number of carboxylic acid groups (broad SMARTS) is 1. The molecule has 0 saturated carbocycles. The number of hydrogen-bond donors (Lipinski definition) is 4. The zero-order valence-electron chi connectivity index (χ0n) is 14.4. The third kappa shape index (κ3) is 5.49. The molecule has 4 N–H and O–H groups in total. The van der Waals surface area contributed by atoms with Crippen molar-refractivity contribution in [3.05, 3.63) is 65.2 Å². The van der Waals surface area contributed by atoms with Gasteiger partial charge in [0.2, 0.25) is 0 Å². The number of carboxylic acids is 1. The average molecular weight is 358 g/mol. The number of benzene rings is 2. The van der Waals surface area contributed by atoms with Gasteiger partial charge in [-0.15, -0.1) is 0 Å². The normalized spacial score (nSPS) is 11.5. The van der Waals surface area contributed by atoms with Crippen molar-refractivity contribution in [2.24, 2.45) is 0 Å². The number of urea groups is 1. The number of aromatic carboxylic acids is 1. The lowest BCUT2D eigenvalue weighted by Gasteiger charge is -2.19. The molecule has 0 bridgehead atoms. The molecule has 0 aliphatic rings. The second-order valence-electron chi connectivity index (χ2n) is 5.67. The van der Waals surface area contributed by atoms with Crippen LogP contribution in [-0.2, 0) is 6.54 Å². The molecule has 2 aromatic carbocycles. The van der Waals surface area contributed by atoms with E-state index in [0.29, 0.717) is 12.2 Å². The fourth-order valence-electron chi connectivity index (χ4n) is 2.44. The summed E-state index contributed by atoms with van der Waals surface area (Å²) in [7, 11) is 1.58. The summed E-state index contributed by atoms with van der Waals surface area (Å²) in [6, 6.07) is 12.8. The number of aliphatic hydroxyl groups excluding tert-OH is 1. The number of ether oxygens (including phenoxy) is 1. The topological polar surface area (TPSA) is 108 Å². The standard InChI is InChI=1S/C19H22N2O5/c1-26-16-8-6-14(7-9-16)17(10-11-22)21-19(25)20-12-13-2-4-15(5-3-13)18(23)24/h2-9,17,22H,10-12H2,1H3,(H,23,24)(H2,20,21,25). The largest absolute Gasteiger partial charge is 0.497 e. The van der Waals surface area contributed by atoms with Crippen LogP contribution in [-0.4, -0.2) is 35.9 Å². The van der Waals surface area contributed by atoms with Crippen molar-refractivity contribution in [2.75, 3.05) is 13.7 Å². The van der Waals surface area contributed by atoms with Gasteiger partial charge in [0.1, 0.15) is 5.75 Å². The molecule has 138 valence electrons. The first-order valence-electron chi connectivity index (χ1n) is 8.15. The van der Waals surface area contributed by atoms with Gasteiger partial charge in [-0.05, 0) is 41.8 Å². The van der Waals surface area contributed by atoms with Gasteiger partial charge in [0.05, 0.1) is 18.7 Å². The monoisotopic (exact) mass is 358 g/mol. The van der Waals surface area contributed by atoms with Crippen molar-refractivity contribution < 1.29 is 24.5 Å². The molecule has 0 aliphatic carbocycles. The van der Waals surface area contributed by atoms with E-state index in [-0.39, 0.29) is 30.8 Å². The number of hydrogen-bond acceptors (Lipinski definition) is 4. The van der Waals surface area contributed by atoms with Crippen LogP contribution in [0.4, 0.5) is 4.79 Å². The second kappa shape index (κ2) is 9.43. The molecule has 0 fully saturated rings. The molecule has 26 heavy (non-hydrogen) atoms. The van der Waals surface area contributed by atoms with Crippen molar-refractivity contribution in [2.45, 2.75) is 19.0 Å². The van der Waals surface area contributed by atoms with Crippen LogP contribution in [0.15, 0.2) is 48.5 Å². The van der Waals surface area contributed by atoms with Gasteiger partial charge >= 0.3 is 12.0 Å².